The number of aromatic nitrogens is 2. The Kier molecular flexibility index (Phi) is 7.46. The summed E-state index contributed by atoms with van der Waals surface area (Å²) in [7, 11) is 0. The molecule has 0 aliphatic heterocycles. The van der Waals surface area contributed by atoms with Crippen molar-refractivity contribution in [2.45, 2.75) is 46.4 Å². The summed E-state index contributed by atoms with van der Waals surface area (Å²) in [4.78, 5) is 23.5. The molecule has 1 atom stereocenters. The highest BCUT2D eigenvalue weighted by Crippen LogP contribution is 2.31. The molecule has 0 fully saturated rings. The van der Waals surface area contributed by atoms with Crippen molar-refractivity contribution in [1.29, 1.82) is 0 Å². The van der Waals surface area contributed by atoms with Gasteiger partial charge in [-0.25, -0.2) is 4.98 Å². The van der Waals surface area contributed by atoms with Crippen LogP contribution in [0.3, 0.4) is 0 Å². The monoisotopic (exact) mass is 477 g/mol. The van der Waals surface area contributed by atoms with Crippen LogP contribution in [0.25, 0.3) is 21.3 Å². The molecule has 4 aromatic rings. The van der Waals surface area contributed by atoms with Crippen LogP contribution < -0.4 is 10.3 Å². The fraction of sp³-hybridized carbons (Fsp3) is 0.333. The van der Waals surface area contributed by atoms with Gasteiger partial charge in [-0.3, -0.25) is 9.69 Å². The smallest absolute Gasteiger partial charge is 0.260 e. The fourth-order valence-corrected chi connectivity index (χ4v) is 4.86. The second-order valence-corrected chi connectivity index (χ2v) is 9.82. The van der Waals surface area contributed by atoms with Gasteiger partial charge in [-0.05, 0) is 44.9 Å². The summed E-state index contributed by atoms with van der Waals surface area (Å²) in [5.41, 5.74) is 4.00. The predicted octanol–water partition coefficient (Wildman–Crippen LogP) is 4.92. The lowest BCUT2D eigenvalue weighted by Gasteiger charge is -2.28. The number of fused-ring (bicyclic) bond motifs is 1. The van der Waals surface area contributed by atoms with Crippen molar-refractivity contribution >= 4 is 21.6 Å². The quantitative estimate of drug-likeness (QED) is 0.358. The van der Waals surface area contributed by atoms with Crippen LogP contribution in [0.15, 0.2) is 58.7 Å². The number of rotatable bonds is 9. The number of benzene rings is 2. The number of aliphatic hydroxyl groups excluding tert-OH is 1. The molecule has 0 aliphatic carbocycles. The number of hydrogen-bond donors (Lipinski definition) is 2. The third kappa shape index (κ3) is 5.55. The predicted molar refractivity (Wildman–Crippen MR) is 139 cm³/mol. The van der Waals surface area contributed by atoms with E-state index in [0.717, 1.165) is 27.3 Å². The summed E-state index contributed by atoms with van der Waals surface area (Å²) in [5, 5.41) is 13.2. The van der Waals surface area contributed by atoms with Gasteiger partial charge in [-0.2, -0.15) is 0 Å². The van der Waals surface area contributed by atoms with Crippen molar-refractivity contribution in [3.63, 3.8) is 0 Å². The molecule has 34 heavy (non-hydrogen) atoms. The maximum Gasteiger partial charge on any atom is 0.260 e. The fourth-order valence-electron chi connectivity index (χ4n) is 3.89. The van der Waals surface area contributed by atoms with Gasteiger partial charge in [-0.15, -0.1) is 11.3 Å². The molecule has 2 heterocycles. The molecule has 4 rings (SSSR count). The molecular weight excluding hydrogens is 446 g/mol. The van der Waals surface area contributed by atoms with E-state index in [1.54, 1.807) is 0 Å². The van der Waals surface area contributed by atoms with Gasteiger partial charge in [0.15, 0.2) is 0 Å². The van der Waals surface area contributed by atoms with Gasteiger partial charge in [0.1, 0.15) is 29.1 Å². The van der Waals surface area contributed by atoms with Gasteiger partial charge < -0.3 is 14.8 Å². The Bertz CT molecular complexity index is 1310. The van der Waals surface area contributed by atoms with E-state index in [1.807, 2.05) is 67.8 Å². The van der Waals surface area contributed by atoms with Crippen LogP contribution in [-0.4, -0.2) is 45.3 Å². The first-order valence-corrected chi connectivity index (χ1v) is 12.4. The van der Waals surface area contributed by atoms with E-state index in [9.17, 15) is 9.90 Å². The average molecular weight is 478 g/mol. The van der Waals surface area contributed by atoms with Crippen LogP contribution in [0.4, 0.5) is 0 Å². The number of aryl methyl sites for hydroxylation is 2. The Morgan fingerprint density at radius 3 is 2.56 bits per heavy atom. The molecule has 2 N–H and O–H groups in total. The molecule has 6 nitrogen and oxygen atoms in total. The molecule has 178 valence electrons. The Morgan fingerprint density at radius 1 is 1.12 bits per heavy atom. The molecule has 7 heteroatoms. The number of ether oxygens (including phenoxy) is 1. The number of thiophene rings is 1. The van der Waals surface area contributed by atoms with Gasteiger partial charge in [-0.1, -0.05) is 48.0 Å². The lowest BCUT2D eigenvalue weighted by atomic mass is 10.1. The van der Waals surface area contributed by atoms with Gasteiger partial charge in [0.05, 0.1) is 11.9 Å². The van der Waals surface area contributed by atoms with Crippen LogP contribution >= 0.6 is 11.3 Å². The Hall–Kier alpha value is -3.00. The Labute approximate surface area is 203 Å². The minimum Gasteiger partial charge on any atom is -0.491 e. The van der Waals surface area contributed by atoms with E-state index in [-0.39, 0.29) is 18.2 Å². The summed E-state index contributed by atoms with van der Waals surface area (Å²) < 4.78 is 5.81. The zero-order valence-corrected chi connectivity index (χ0v) is 20.9. The van der Waals surface area contributed by atoms with E-state index in [2.05, 4.69) is 23.7 Å². The second kappa shape index (κ2) is 10.5. The van der Waals surface area contributed by atoms with Crippen molar-refractivity contribution in [3.8, 4) is 16.9 Å². The summed E-state index contributed by atoms with van der Waals surface area (Å²) in [6.45, 7) is 9.18. The molecule has 0 saturated carbocycles. The van der Waals surface area contributed by atoms with Gasteiger partial charge in [0.25, 0.3) is 5.56 Å². The summed E-state index contributed by atoms with van der Waals surface area (Å²) >= 11 is 1.48. The third-order valence-electron chi connectivity index (χ3n) is 5.91. The lowest BCUT2D eigenvalue weighted by molar-refractivity contribution is 0.0531. The van der Waals surface area contributed by atoms with Crippen molar-refractivity contribution in [1.82, 2.24) is 14.9 Å². The minimum absolute atomic E-state index is 0.135. The lowest BCUT2D eigenvalue weighted by Crippen LogP contribution is -2.40. The maximum atomic E-state index is 13.0. The molecule has 0 saturated heterocycles. The molecular formula is C27H31N3O3S. The molecule has 0 spiro atoms. The molecule has 0 bridgehead atoms. The van der Waals surface area contributed by atoms with Crippen molar-refractivity contribution < 1.29 is 9.84 Å². The highest BCUT2D eigenvalue weighted by Gasteiger charge is 2.19. The molecule has 0 unspecified atom stereocenters. The molecule has 0 radical (unpaired) electrons. The largest absolute Gasteiger partial charge is 0.491 e. The van der Waals surface area contributed by atoms with Crippen LogP contribution in [0.5, 0.6) is 5.75 Å². The van der Waals surface area contributed by atoms with Crippen LogP contribution in [0.2, 0.25) is 0 Å². The van der Waals surface area contributed by atoms with Crippen LogP contribution in [0.1, 0.15) is 30.8 Å². The Balaban J connectivity index is 1.48. The summed E-state index contributed by atoms with van der Waals surface area (Å²) in [6.07, 6.45) is -0.674. The zero-order chi connectivity index (χ0) is 24.2. The van der Waals surface area contributed by atoms with Gasteiger partial charge in [0.2, 0.25) is 0 Å². The number of hydrogen-bond acceptors (Lipinski definition) is 6. The van der Waals surface area contributed by atoms with Crippen molar-refractivity contribution in [3.05, 3.63) is 81.2 Å². The first-order valence-electron chi connectivity index (χ1n) is 11.5. The molecule has 2 aromatic carbocycles. The number of H-pyrrole nitrogens is 1. The van der Waals surface area contributed by atoms with Gasteiger partial charge >= 0.3 is 0 Å². The van der Waals surface area contributed by atoms with Crippen LogP contribution in [0, 0.1) is 13.8 Å². The molecule has 2 aromatic heterocycles. The zero-order valence-electron chi connectivity index (χ0n) is 20.0. The summed E-state index contributed by atoms with van der Waals surface area (Å²) in [6, 6.07) is 16.1. The first-order chi connectivity index (χ1) is 16.3. The number of aliphatic hydroxyl groups is 1. The third-order valence-corrected chi connectivity index (χ3v) is 6.78. The van der Waals surface area contributed by atoms with Crippen LogP contribution in [-0.2, 0) is 6.54 Å². The topological polar surface area (TPSA) is 78.5 Å². The minimum atomic E-state index is -0.674. The summed E-state index contributed by atoms with van der Waals surface area (Å²) in [5.74, 6) is 1.37. The SMILES string of the molecule is Cc1ccc(-c2csc3nc(CN(C[C@H](O)COc4ccccc4C)C(C)C)[nH]c(=O)c23)cc1. The number of aromatic amines is 1. The van der Waals surface area contributed by atoms with Crippen molar-refractivity contribution in [2.75, 3.05) is 13.2 Å². The van der Waals surface area contributed by atoms with Crippen molar-refractivity contribution in [2.24, 2.45) is 0 Å². The Morgan fingerprint density at radius 2 is 1.85 bits per heavy atom. The highest BCUT2D eigenvalue weighted by atomic mass is 32.1. The van der Waals surface area contributed by atoms with Gasteiger partial charge in [0, 0.05) is 23.5 Å². The van der Waals surface area contributed by atoms with E-state index < -0.39 is 6.10 Å². The number of nitrogens with one attached hydrogen (secondary N) is 1. The van der Waals surface area contributed by atoms with E-state index in [0.29, 0.717) is 24.3 Å². The molecule has 0 amide bonds. The number of nitrogens with zero attached hydrogens (tertiary/aromatic N) is 2. The standard InChI is InChI=1S/C27H31N3O3S/c1-17(2)30(13-21(31)15-33-23-8-6-5-7-19(23)4)14-24-28-26(32)25-22(16-34-27(25)29-24)20-11-9-18(3)10-12-20/h5-12,16-17,21,31H,13-15H2,1-4H3,(H,28,29,32)/t21-/m0/s1. The number of para-hydroxylation sites is 1. The maximum absolute atomic E-state index is 13.0. The molecule has 0 aliphatic rings. The van der Waals surface area contributed by atoms with E-state index in [4.69, 9.17) is 9.72 Å². The van der Waals surface area contributed by atoms with E-state index in [1.165, 1.54) is 16.9 Å². The average Bonchev–Trinajstić information content (AvgIpc) is 3.23. The second-order valence-electron chi connectivity index (χ2n) is 8.96. The van der Waals surface area contributed by atoms with E-state index >= 15 is 0 Å². The first kappa shape index (κ1) is 24.1. The normalized spacial score (nSPS) is 12.6. The highest BCUT2D eigenvalue weighted by molar-refractivity contribution is 7.17.